The molecule has 0 spiro atoms. The summed E-state index contributed by atoms with van der Waals surface area (Å²) in [5.41, 5.74) is 0.692. The molecule has 0 radical (unpaired) electrons. The van der Waals surface area contributed by atoms with E-state index in [9.17, 15) is 14.7 Å². The van der Waals surface area contributed by atoms with Crippen molar-refractivity contribution in [1.82, 2.24) is 15.0 Å². The van der Waals surface area contributed by atoms with Gasteiger partial charge in [0.05, 0.1) is 11.6 Å². The Labute approximate surface area is 120 Å². The van der Waals surface area contributed by atoms with Gasteiger partial charge in [-0.05, 0) is 30.5 Å². The largest absolute Gasteiger partial charge is 0.481 e. The van der Waals surface area contributed by atoms with Crippen molar-refractivity contribution in [3.63, 3.8) is 0 Å². The van der Waals surface area contributed by atoms with Crippen LogP contribution in [0.15, 0.2) is 36.7 Å². The third-order valence-electron chi connectivity index (χ3n) is 3.66. The van der Waals surface area contributed by atoms with Gasteiger partial charge in [-0.25, -0.2) is 4.68 Å². The predicted molar refractivity (Wildman–Crippen MR) is 73.6 cm³/mol. The Bertz CT molecular complexity index is 660. The highest BCUT2D eigenvalue weighted by Crippen LogP contribution is 2.48. The van der Waals surface area contributed by atoms with E-state index < -0.39 is 11.4 Å². The number of hydrogen-bond acceptors (Lipinski definition) is 4. The number of aliphatic carboxylic acids is 1. The van der Waals surface area contributed by atoms with E-state index in [0.29, 0.717) is 18.5 Å². The van der Waals surface area contributed by atoms with Crippen LogP contribution in [0.4, 0.5) is 5.69 Å². The molecule has 7 nitrogen and oxygen atoms in total. The molecule has 0 aliphatic heterocycles. The van der Waals surface area contributed by atoms with Crippen LogP contribution in [0.2, 0.25) is 0 Å². The highest BCUT2D eigenvalue weighted by molar-refractivity contribution is 5.91. The smallest absolute Gasteiger partial charge is 0.314 e. The van der Waals surface area contributed by atoms with Crippen LogP contribution in [0.3, 0.4) is 0 Å². The van der Waals surface area contributed by atoms with Crippen molar-refractivity contribution in [3.05, 3.63) is 42.2 Å². The topological polar surface area (TPSA) is 97.1 Å². The van der Waals surface area contributed by atoms with Gasteiger partial charge < -0.3 is 10.4 Å². The molecule has 1 fully saturated rings. The Morgan fingerprint density at radius 3 is 2.52 bits per heavy atom. The van der Waals surface area contributed by atoms with E-state index in [1.54, 1.807) is 30.5 Å². The van der Waals surface area contributed by atoms with Crippen LogP contribution in [-0.4, -0.2) is 32.0 Å². The minimum absolute atomic E-state index is 0.0841. The standard InChI is InChI=1S/C14H14N4O3/c19-12(9-18-8-7-15-17-18)16-11-3-1-10(2-4-11)14(5-6-14)13(20)21/h1-4,7-8H,5-6,9H2,(H,16,19)(H,20,21). The van der Waals surface area contributed by atoms with E-state index in [0.717, 1.165) is 5.56 Å². The minimum Gasteiger partial charge on any atom is -0.481 e. The Balaban J connectivity index is 1.65. The fraction of sp³-hybridized carbons (Fsp3) is 0.286. The van der Waals surface area contributed by atoms with E-state index in [1.165, 1.54) is 10.9 Å². The van der Waals surface area contributed by atoms with E-state index in [4.69, 9.17) is 0 Å². The number of amides is 1. The van der Waals surface area contributed by atoms with Gasteiger partial charge in [0.15, 0.2) is 0 Å². The molecular formula is C14H14N4O3. The van der Waals surface area contributed by atoms with Gasteiger partial charge in [0.1, 0.15) is 6.54 Å². The lowest BCUT2D eigenvalue weighted by molar-refractivity contribution is -0.140. The number of benzene rings is 1. The molecule has 1 saturated carbocycles. The van der Waals surface area contributed by atoms with Crippen LogP contribution in [0.25, 0.3) is 0 Å². The van der Waals surface area contributed by atoms with Crippen molar-refractivity contribution in [2.75, 3.05) is 5.32 Å². The molecule has 1 heterocycles. The quantitative estimate of drug-likeness (QED) is 0.855. The summed E-state index contributed by atoms with van der Waals surface area (Å²) in [7, 11) is 0. The van der Waals surface area contributed by atoms with Crippen molar-refractivity contribution in [1.29, 1.82) is 0 Å². The number of carboxylic acid groups (broad SMARTS) is 1. The third-order valence-corrected chi connectivity index (χ3v) is 3.66. The van der Waals surface area contributed by atoms with E-state index in [-0.39, 0.29) is 12.5 Å². The lowest BCUT2D eigenvalue weighted by atomic mass is 9.96. The van der Waals surface area contributed by atoms with E-state index in [1.807, 2.05) is 0 Å². The molecule has 1 aromatic carbocycles. The van der Waals surface area contributed by atoms with Crippen molar-refractivity contribution >= 4 is 17.6 Å². The molecule has 1 aliphatic rings. The van der Waals surface area contributed by atoms with Crippen LogP contribution in [0, 0.1) is 0 Å². The zero-order valence-electron chi connectivity index (χ0n) is 11.2. The molecule has 0 unspecified atom stereocenters. The van der Waals surface area contributed by atoms with Gasteiger partial charge in [0.25, 0.3) is 0 Å². The van der Waals surface area contributed by atoms with Crippen LogP contribution in [0.1, 0.15) is 18.4 Å². The molecule has 0 saturated heterocycles. The zero-order valence-corrected chi connectivity index (χ0v) is 11.2. The first-order valence-electron chi connectivity index (χ1n) is 6.58. The summed E-state index contributed by atoms with van der Waals surface area (Å²) in [6.45, 7) is 0.0841. The average Bonchev–Trinajstić information content (AvgIpc) is 3.12. The molecule has 1 amide bonds. The molecular weight excluding hydrogens is 272 g/mol. The summed E-state index contributed by atoms with van der Waals surface area (Å²) in [5, 5.41) is 19.3. The molecule has 2 aromatic rings. The van der Waals surface area contributed by atoms with Gasteiger partial charge in [-0.15, -0.1) is 5.10 Å². The van der Waals surface area contributed by atoms with Crippen LogP contribution < -0.4 is 5.32 Å². The molecule has 1 aromatic heterocycles. The van der Waals surface area contributed by atoms with E-state index >= 15 is 0 Å². The number of nitrogens with zero attached hydrogens (tertiary/aromatic N) is 3. The second-order valence-corrected chi connectivity index (χ2v) is 5.11. The molecule has 108 valence electrons. The number of aromatic nitrogens is 3. The molecule has 21 heavy (non-hydrogen) atoms. The summed E-state index contributed by atoms with van der Waals surface area (Å²) < 4.78 is 1.42. The summed E-state index contributed by atoms with van der Waals surface area (Å²) in [4.78, 5) is 23.0. The second kappa shape index (κ2) is 5.01. The van der Waals surface area contributed by atoms with Crippen LogP contribution in [0.5, 0.6) is 0 Å². The SMILES string of the molecule is O=C(Cn1ccnn1)Nc1ccc(C2(C(=O)O)CC2)cc1. The molecule has 2 N–H and O–H groups in total. The number of rotatable bonds is 5. The first-order chi connectivity index (χ1) is 10.1. The number of hydrogen-bond donors (Lipinski definition) is 2. The van der Waals surface area contributed by atoms with Gasteiger partial charge in [-0.2, -0.15) is 0 Å². The lowest BCUT2D eigenvalue weighted by Crippen LogP contribution is -2.20. The number of anilines is 1. The summed E-state index contributed by atoms with van der Waals surface area (Å²) in [6, 6.07) is 6.95. The predicted octanol–water partition coefficient (Wildman–Crippen LogP) is 1.03. The normalized spacial score (nSPS) is 15.4. The molecule has 1 aliphatic carbocycles. The fourth-order valence-electron chi connectivity index (χ4n) is 2.29. The number of carbonyl (C=O) groups is 2. The highest BCUT2D eigenvalue weighted by Gasteiger charge is 2.51. The monoisotopic (exact) mass is 286 g/mol. The van der Waals surface area contributed by atoms with Crippen molar-refractivity contribution in [2.24, 2.45) is 0 Å². The number of nitrogens with one attached hydrogen (secondary N) is 1. The average molecular weight is 286 g/mol. The number of carbonyl (C=O) groups excluding carboxylic acids is 1. The van der Waals surface area contributed by atoms with Gasteiger partial charge in [0, 0.05) is 11.9 Å². The van der Waals surface area contributed by atoms with Gasteiger partial charge in [-0.1, -0.05) is 17.3 Å². The third kappa shape index (κ3) is 2.62. The molecule has 0 atom stereocenters. The van der Waals surface area contributed by atoms with Crippen LogP contribution >= 0.6 is 0 Å². The molecule has 7 heteroatoms. The molecule has 0 bridgehead atoms. The van der Waals surface area contributed by atoms with Crippen molar-refractivity contribution < 1.29 is 14.7 Å². The summed E-state index contributed by atoms with van der Waals surface area (Å²) >= 11 is 0. The van der Waals surface area contributed by atoms with Crippen molar-refractivity contribution in [3.8, 4) is 0 Å². The van der Waals surface area contributed by atoms with Gasteiger partial charge in [-0.3, -0.25) is 9.59 Å². The van der Waals surface area contributed by atoms with Gasteiger partial charge in [0.2, 0.25) is 5.91 Å². The molecule has 3 rings (SSSR count). The maximum atomic E-state index is 11.8. The maximum Gasteiger partial charge on any atom is 0.314 e. The summed E-state index contributed by atoms with van der Waals surface area (Å²) in [5.74, 6) is -1.00. The van der Waals surface area contributed by atoms with E-state index in [2.05, 4.69) is 15.6 Å². The number of carboxylic acids is 1. The Morgan fingerprint density at radius 2 is 2.00 bits per heavy atom. The van der Waals surface area contributed by atoms with Crippen LogP contribution in [-0.2, 0) is 21.5 Å². The second-order valence-electron chi connectivity index (χ2n) is 5.11. The Hall–Kier alpha value is -2.70. The zero-order chi connectivity index (χ0) is 14.9. The highest BCUT2D eigenvalue weighted by atomic mass is 16.4. The lowest BCUT2D eigenvalue weighted by Gasteiger charge is -2.11. The van der Waals surface area contributed by atoms with Gasteiger partial charge >= 0.3 is 5.97 Å². The first-order valence-corrected chi connectivity index (χ1v) is 6.58. The Kier molecular flexibility index (Phi) is 3.17. The first kappa shape index (κ1) is 13.3. The minimum atomic E-state index is -0.787. The summed E-state index contributed by atoms with van der Waals surface area (Å²) in [6.07, 6.45) is 4.44. The van der Waals surface area contributed by atoms with Crippen molar-refractivity contribution in [2.45, 2.75) is 24.8 Å². The maximum absolute atomic E-state index is 11.8. The Morgan fingerprint density at radius 1 is 1.29 bits per heavy atom. The fourth-order valence-corrected chi connectivity index (χ4v) is 2.29.